The standard InChI is InChI=1S/C15H21F3N2O4S/c1-24-10-8-19-14(21)7-4-9-20(25(2,22)23)13-6-3-5-12(11-13)15(16,17)18/h3,5-6,11H,4,7-10H2,1-2H3,(H,19,21). The third-order valence-electron chi connectivity index (χ3n) is 3.26. The van der Waals surface area contributed by atoms with Crippen LogP contribution in [0.15, 0.2) is 24.3 Å². The van der Waals surface area contributed by atoms with Crippen molar-refractivity contribution in [3.8, 4) is 0 Å². The van der Waals surface area contributed by atoms with Crippen LogP contribution >= 0.6 is 0 Å². The molecule has 0 unspecified atom stereocenters. The van der Waals surface area contributed by atoms with Gasteiger partial charge in [0.15, 0.2) is 0 Å². The van der Waals surface area contributed by atoms with Gasteiger partial charge in [0, 0.05) is 26.6 Å². The zero-order valence-corrected chi connectivity index (χ0v) is 14.8. The molecule has 0 aliphatic carbocycles. The van der Waals surface area contributed by atoms with Crippen molar-refractivity contribution in [3.63, 3.8) is 0 Å². The molecule has 0 aliphatic heterocycles. The normalized spacial score (nSPS) is 12.0. The lowest BCUT2D eigenvalue weighted by Crippen LogP contribution is -2.32. The number of methoxy groups -OCH3 is 1. The van der Waals surface area contributed by atoms with Crippen molar-refractivity contribution in [2.45, 2.75) is 19.0 Å². The van der Waals surface area contributed by atoms with Crippen molar-refractivity contribution in [3.05, 3.63) is 29.8 Å². The molecule has 0 saturated heterocycles. The Morgan fingerprint density at radius 1 is 1.32 bits per heavy atom. The summed E-state index contributed by atoms with van der Waals surface area (Å²) in [6.07, 6.45) is -3.44. The number of halogens is 3. The molecule has 0 saturated carbocycles. The van der Waals surface area contributed by atoms with E-state index in [0.717, 1.165) is 28.8 Å². The fraction of sp³-hybridized carbons (Fsp3) is 0.533. The summed E-state index contributed by atoms with van der Waals surface area (Å²) in [7, 11) is -2.29. The molecule has 0 radical (unpaired) electrons. The third kappa shape index (κ3) is 7.30. The minimum atomic E-state index is -4.57. The number of alkyl halides is 3. The maximum atomic E-state index is 12.8. The van der Waals surface area contributed by atoms with E-state index in [2.05, 4.69) is 5.32 Å². The third-order valence-corrected chi connectivity index (χ3v) is 4.45. The first-order valence-corrected chi connectivity index (χ1v) is 9.31. The minimum absolute atomic E-state index is 0.0503. The summed E-state index contributed by atoms with van der Waals surface area (Å²) >= 11 is 0. The molecule has 1 rings (SSSR count). The highest BCUT2D eigenvalue weighted by molar-refractivity contribution is 7.92. The van der Waals surface area contributed by atoms with E-state index in [1.165, 1.54) is 13.2 Å². The van der Waals surface area contributed by atoms with Crippen molar-refractivity contribution < 1.29 is 31.1 Å². The zero-order valence-electron chi connectivity index (χ0n) is 14.0. The minimum Gasteiger partial charge on any atom is -0.383 e. The molecule has 1 N–H and O–H groups in total. The quantitative estimate of drug-likeness (QED) is 0.663. The molecule has 0 aliphatic rings. The van der Waals surface area contributed by atoms with E-state index in [-0.39, 0.29) is 31.0 Å². The fourth-order valence-corrected chi connectivity index (χ4v) is 3.05. The van der Waals surface area contributed by atoms with Gasteiger partial charge in [-0.15, -0.1) is 0 Å². The van der Waals surface area contributed by atoms with E-state index < -0.39 is 21.8 Å². The fourth-order valence-electron chi connectivity index (χ4n) is 2.09. The highest BCUT2D eigenvalue weighted by Crippen LogP contribution is 2.32. The van der Waals surface area contributed by atoms with Crippen molar-refractivity contribution in [2.75, 3.05) is 37.4 Å². The van der Waals surface area contributed by atoms with Gasteiger partial charge < -0.3 is 10.1 Å². The summed E-state index contributed by atoms with van der Waals surface area (Å²) in [5, 5.41) is 2.58. The van der Waals surface area contributed by atoms with Crippen LogP contribution in [0.3, 0.4) is 0 Å². The van der Waals surface area contributed by atoms with Gasteiger partial charge in [-0.3, -0.25) is 9.10 Å². The molecule has 25 heavy (non-hydrogen) atoms. The number of amides is 1. The van der Waals surface area contributed by atoms with Crippen LogP contribution in [-0.2, 0) is 25.7 Å². The molecule has 6 nitrogen and oxygen atoms in total. The largest absolute Gasteiger partial charge is 0.416 e. The van der Waals surface area contributed by atoms with E-state index >= 15 is 0 Å². The predicted octanol–water partition coefficient (Wildman–Crippen LogP) is 2.01. The number of hydrogen-bond donors (Lipinski definition) is 1. The number of sulfonamides is 1. The Labute approximate surface area is 145 Å². The van der Waals surface area contributed by atoms with E-state index in [0.29, 0.717) is 13.2 Å². The monoisotopic (exact) mass is 382 g/mol. The van der Waals surface area contributed by atoms with Crippen molar-refractivity contribution in [2.24, 2.45) is 0 Å². The number of benzene rings is 1. The van der Waals surface area contributed by atoms with Crippen LogP contribution in [0.25, 0.3) is 0 Å². The molecule has 0 heterocycles. The lowest BCUT2D eigenvalue weighted by molar-refractivity contribution is -0.137. The molecule has 0 fully saturated rings. The van der Waals surface area contributed by atoms with Crippen LogP contribution < -0.4 is 9.62 Å². The molecule has 0 bridgehead atoms. The number of nitrogens with one attached hydrogen (secondary N) is 1. The second-order valence-corrected chi connectivity index (χ2v) is 7.24. The van der Waals surface area contributed by atoms with Crippen LogP contribution in [0.1, 0.15) is 18.4 Å². The van der Waals surface area contributed by atoms with E-state index in [1.807, 2.05) is 0 Å². The zero-order chi connectivity index (χ0) is 19.1. The van der Waals surface area contributed by atoms with Gasteiger partial charge in [-0.2, -0.15) is 13.2 Å². The van der Waals surface area contributed by atoms with Gasteiger partial charge in [0.1, 0.15) is 0 Å². The van der Waals surface area contributed by atoms with Gasteiger partial charge in [0.25, 0.3) is 0 Å². The van der Waals surface area contributed by atoms with Crippen LogP contribution in [0, 0.1) is 0 Å². The second-order valence-electron chi connectivity index (χ2n) is 5.33. The molecule has 10 heteroatoms. The first-order valence-electron chi connectivity index (χ1n) is 7.46. The van der Waals surface area contributed by atoms with Crippen LogP contribution in [-0.4, -0.2) is 47.4 Å². The number of nitrogens with zero attached hydrogens (tertiary/aromatic N) is 1. The Morgan fingerprint density at radius 2 is 2.00 bits per heavy atom. The Hall–Kier alpha value is -1.81. The molecule has 0 spiro atoms. The van der Waals surface area contributed by atoms with E-state index in [9.17, 15) is 26.4 Å². The highest BCUT2D eigenvalue weighted by atomic mass is 32.2. The van der Waals surface area contributed by atoms with Gasteiger partial charge in [-0.25, -0.2) is 8.42 Å². The smallest absolute Gasteiger partial charge is 0.383 e. The van der Waals surface area contributed by atoms with Crippen LogP contribution in [0.2, 0.25) is 0 Å². The van der Waals surface area contributed by atoms with Crippen molar-refractivity contribution >= 4 is 21.6 Å². The van der Waals surface area contributed by atoms with E-state index in [1.54, 1.807) is 0 Å². The molecule has 0 atom stereocenters. The van der Waals surface area contributed by atoms with Gasteiger partial charge in [-0.05, 0) is 24.6 Å². The summed E-state index contributed by atoms with van der Waals surface area (Å²) in [6.45, 7) is 0.585. The first-order chi connectivity index (χ1) is 11.6. The predicted molar refractivity (Wildman–Crippen MR) is 87.8 cm³/mol. The molecule has 0 aromatic heterocycles. The maximum absolute atomic E-state index is 12.8. The SMILES string of the molecule is COCCNC(=O)CCCN(c1cccc(C(F)(F)F)c1)S(C)(=O)=O. The summed E-state index contributed by atoms with van der Waals surface area (Å²) < 4.78 is 67.9. The maximum Gasteiger partial charge on any atom is 0.416 e. The highest BCUT2D eigenvalue weighted by Gasteiger charge is 2.31. The van der Waals surface area contributed by atoms with Crippen LogP contribution in [0.5, 0.6) is 0 Å². The Balaban J connectivity index is 2.79. The van der Waals surface area contributed by atoms with Gasteiger partial charge in [-0.1, -0.05) is 6.07 Å². The second kappa shape index (κ2) is 9.04. The summed E-state index contributed by atoms with van der Waals surface area (Å²) in [5.74, 6) is -0.283. The first kappa shape index (κ1) is 21.2. The number of hydrogen-bond acceptors (Lipinski definition) is 4. The molecule has 1 amide bonds. The lowest BCUT2D eigenvalue weighted by atomic mass is 10.2. The molecule has 1 aromatic carbocycles. The molecular formula is C15H21F3N2O4S. The number of carbonyl (C=O) groups is 1. The topological polar surface area (TPSA) is 75.7 Å². The Morgan fingerprint density at radius 3 is 2.56 bits per heavy atom. The number of rotatable bonds is 9. The number of ether oxygens (including phenoxy) is 1. The van der Waals surface area contributed by atoms with E-state index in [4.69, 9.17) is 4.74 Å². The van der Waals surface area contributed by atoms with Gasteiger partial charge in [0.2, 0.25) is 15.9 Å². The Kier molecular flexibility index (Phi) is 7.68. The van der Waals surface area contributed by atoms with Gasteiger partial charge in [0.05, 0.1) is 24.1 Å². The summed E-state index contributed by atoms with van der Waals surface area (Å²) in [6, 6.07) is 4.08. The molecular weight excluding hydrogens is 361 g/mol. The molecule has 1 aromatic rings. The number of anilines is 1. The lowest BCUT2D eigenvalue weighted by Gasteiger charge is -2.23. The number of carbonyl (C=O) groups excluding carboxylic acids is 1. The van der Waals surface area contributed by atoms with Crippen molar-refractivity contribution in [1.29, 1.82) is 0 Å². The summed E-state index contributed by atoms with van der Waals surface area (Å²) in [4.78, 5) is 11.6. The van der Waals surface area contributed by atoms with Gasteiger partial charge >= 0.3 is 6.18 Å². The van der Waals surface area contributed by atoms with Crippen molar-refractivity contribution in [1.82, 2.24) is 5.32 Å². The summed E-state index contributed by atoms with van der Waals surface area (Å²) in [5.41, 5.74) is -1.02. The Bertz CT molecular complexity index is 678. The average Bonchev–Trinajstić information content (AvgIpc) is 2.50. The molecule has 142 valence electrons. The average molecular weight is 382 g/mol. The van der Waals surface area contributed by atoms with Crippen LogP contribution in [0.4, 0.5) is 18.9 Å².